The maximum absolute atomic E-state index is 5.59. The van der Waals surface area contributed by atoms with Gasteiger partial charge in [0.25, 0.3) is 0 Å². The first-order valence-corrected chi connectivity index (χ1v) is 7.07. The molecule has 0 radical (unpaired) electrons. The van der Waals surface area contributed by atoms with Gasteiger partial charge in [-0.2, -0.15) is 0 Å². The Morgan fingerprint density at radius 1 is 1.50 bits per heavy atom. The number of aromatic nitrogens is 1. The molecule has 18 heavy (non-hydrogen) atoms. The lowest BCUT2D eigenvalue weighted by molar-refractivity contribution is 0.177. The molecule has 1 atom stereocenters. The molecule has 102 valence electrons. The van der Waals surface area contributed by atoms with Crippen LogP contribution < -0.4 is 5.32 Å². The molecule has 0 saturated carbocycles. The van der Waals surface area contributed by atoms with Crippen LogP contribution in [0.2, 0.25) is 0 Å². The number of hydrogen-bond acceptors (Lipinski definition) is 4. The lowest BCUT2D eigenvalue weighted by Gasteiger charge is -2.31. The van der Waals surface area contributed by atoms with Gasteiger partial charge in [-0.05, 0) is 52.9 Å². The first-order valence-electron chi connectivity index (χ1n) is 7.07. The molecule has 1 aliphatic rings. The number of hydrogen-bond donors (Lipinski definition) is 1. The van der Waals surface area contributed by atoms with Crippen molar-refractivity contribution >= 4 is 0 Å². The van der Waals surface area contributed by atoms with Crippen LogP contribution in [-0.4, -0.2) is 43.1 Å². The molecule has 0 aliphatic carbocycles. The Hall–Kier alpha value is -0.870. The van der Waals surface area contributed by atoms with Crippen LogP contribution >= 0.6 is 0 Å². The van der Waals surface area contributed by atoms with Crippen molar-refractivity contribution in [3.63, 3.8) is 0 Å². The van der Waals surface area contributed by atoms with Gasteiger partial charge in [-0.25, -0.2) is 4.98 Å². The lowest BCUT2D eigenvalue weighted by Crippen LogP contribution is -2.37. The van der Waals surface area contributed by atoms with Crippen LogP contribution in [0.3, 0.4) is 0 Å². The molecule has 1 aliphatic heterocycles. The van der Waals surface area contributed by atoms with Crippen molar-refractivity contribution < 1.29 is 4.42 Å². The lowest BCUT2D eigenvalue weighted by atomic mass is 10.0. The number of aryl methyl sites for hydroxylation is 1. The van der Waals surface area contributed by atoms with Crippen molar-refractivity contribution in [2.24, 2.45) is 0 Å². The molecule has 1 aromatic heterocycles. The molecule has 0 aromatic carbocycles. The second kappa shape index (κ2) is 6.90. The van der Waals surface area contributed by atoms with E-state index in [4.69, 9.17) is 4.42 Å². The second-order valence-electron chi connectivity index (χ2n) is 5.27. The van der Waals surface area contributed by atoms with Crippen LogP contribution in [0.5, 0.6) is 0 Å². The summed E-state index contributed by atoms with van der Waals surface area (Å²) < 4.78 is 5.59. The summed E-state index contributed by atoms with van der Waals surface area (Å²) in [7, 11) is 4.19. The van der Waals surface area contributed by atoms with Crippen molar-refractivity contribution in [2.75, 3.05) is 27.2 Å². The third kappa shape index (κ3) is 3.82. The normalized spacial score (nSPS) is 21.3. The average molecular weight is 251 g/mol. The topological polar surface area (TPSA) is 41.3 Å². The van der Waals surface area contributed by atoms with E-state index in [0.29, 0.717) is 6.04 Å². The third-order valence-electron chi connectivity index (χ3n) is 3.79. The average Bonchev–Trinajstić information content (AvgIpc) is 2.80. The van der Waals surface area contributed by atoms with Gasteiger partial charge in [0.1, 0.15) is 6.26 Å². The summed E-state index contributed by atoms with van der Waals surface area (Å²) in [6.45, 7) is 2.24. The minimum Gasteiger partial charge on any atom is -0.449 e. The zero-order valence-electron chi connectivity index (χ0n) is 11.6. The van der Waals surface area contributed by atoms with E-state index in [1.165, 1.54) is 25.8 Å². The molecule has 1 unspecified atom stereocenters. The Labute approximate surface area is 110 Å². The minimum absolute atomic E-state index is 0.613. The molecule has 1 fully saturated rings. The molecule has 4 heteroatoms. The van der Waals surface area contributed by atoms with Crippen molar-refractivity contribution in [3.05, 3.63) is 17.8 Å². The van der Waals surface area contributed by atoms with E-state index in [1.807, 2.05) is 13.3 Å². The predicted octanol–water partition coefficient (Wildman–Crippen LogP) is 1.85. The van der Waals surface area contributed by atoms with Crippen LogP contribution in [0.15, 0.2) is 10.7 Å². The zero-order valence-corrected chi connectivity index (χ0v) is 11.6. The fourth-order valence-corrected chi connectivity index (χ4v) is 2.61. The summed E-state index contributed by atoms with van der Waals surface area (Å²) in [5, 5.41) is 3.15. The number of piperidine rings is 1. The Morgan fingerprint density at radius 2 is 2.39 bits per heavy atom. The van der Waals surface area contributed by atoms with Crippen LogP contribution in [0.4, 0.5) is 0 Å². The molecule has 1 aromatic rings. The molecule has 1 saturated heterocycles. The van der Waals surface area contributed by atoms with Crippen LogP contribution in [0.1, 0.15) is 37.3 Å². The number of oxazole rings is 1. The van der Waals surface area contributed by atoms with Gasteiger partial charge in [0, 0.05) is 12.5 Å². The van der Waals surface area contributed by atoms with E-state index in [-0.39, 0.29) is 0 Å². The first-order chi connectivity index (χ1) is 8.79. The minimum atomic E-state index is 0.613. The highest BCUT2D eigenvalue weighted by atomic mass is 16.3. The molecule has 0 spiro atoms. The molecular formula is C14H25N3O. The highest BCUT2D eigenvalue weighted by Gasteiger charge is 2.21. The van der Waals surface area contributed by atoms with Gasteiger partial charge in [-0.3, -0.25) is 0 Å². The van der Waals surface area contributed by atoms with Gasteiger partial charge in [-0.1, -0.05) is 6.42 Å². The van der Waals surface area contributed by atoms with E-state index in [9.17, 15) is 0 Å². The van der Waals surface area contributed by atoms with E-state index in [2.05, 4.69) is 22.2 Å². The van der Waals surface area contributed by atoms with E-state index in [0.717, 1.165) is 37.4 Å². The Morgan fingerprint density at radius 3 is 3.17 bits per heavy atom. The molecule has 4 nitrogen and oxygen atoms in total. The molecular weight excluding hydrogens is 226 g/mol. The molecule has 0 amide bonds. The van der Waals surface area contributed by atoms with Gasteiger partial charge in [0.15, 0.2) is 5.89 Å². The van der Waals surface area contributed by atoms with Crippen LogP contribution in [0, 0.1) is 0 Å². The number of nitrogens with zero attached hydrogens (tertiary/aromatic N) is 2. The van der Waals surface area contributed by atoms with E-state index < -0.39 is 0 Å². The predicted molar refractivity (Wildman–Crippen MR) is 72.7 cm³/mol. The van der Waals surface area contributed by atoms with Gasteiger partial charge >= 0.3 is 0 Å². The van der Waals surface area contributed by atoms with E-state index in [1.54, 1.807) is 0 Å². The largest absolute Gasteiger partial charge is 0.449 e. The summed E-state index contributed by atoms with van der Waals surface area (Å²) in [6.07, 6.45) is 8.85. The van der Waals surface area contributed by atoms with Crippen LogP contribution in [-0.2, 0) is 12.8 Å². The van der Waals surface area contributed by atoms with Crippen molar-refractivity contribution in [1.29, 1.82) is 0 Å². The smallest absolute Gasteiger partial charge is 0.195 e. The summed E-state index contributed by atoms with van der Waals surface area (Å²) in [5.74, 6) is 0.910. The fraction of sp³-hybridized carbons (Fsp3) is 0.786. The molecule has 1 N–H and O–H groups in total. The summed E-state index contributed by atoms with van der Waals surface area (Å²) in [5.41, 5.74) is 1.10. The zero-order chi connectivity index (χ0) is 12.8. The van der Waals surface area contributed by atoms with Crippen molar-refractivity contribution in [2.45, 2.75) is 44.6 Å². The molecule has 2 rings (SSSR count). The Kier molecular flexibility index (Phi) is 5.20. The summed E-state index contributed by atoms with van der Waals surface area (Å²) in [6, 6.07) is 0.613. The number of nitrogens with one attached hydrogen (secondary N) is 1. The highest BCUT2D eigenvalue weighted by molar-refractivity contribution is 4.98. The van der Waals surface area contributed by atoms with Crippen molar-refractivity contribution in [3.8, 4) is 0 Å². The SMILES string of the molecule is CNCCCc1coc(CC2CCCCN2C)n1. The monoisotopic (exact) mass is 251 g/mol. The second-order valence-corrected chi connectivity index (χ2v) is 5.27. The third-order valence-corrected chi connectivity index (χ3v) is 3.79. The highest BCUT2D eigenvalue weighted by Crippen LogP contribution is 2.19. The summed E-state index contributed by atoms with van der Waals surface area (Å²) in [4.78, 5) is 7.03. The van der Waals surface area contributed by atoms with Crippen LogP contribution in [0.25, 0.3) is 0 Å². The quantitative estimate of drug-likeness (QED) is 0.784. The number of likely N-dealkylation sites (N-methyl/N-ethyl adjacent to an activating group) is 1. The fourth-order valence-electron chi connectivity index (χ4n) is 2.61. The Balaban J connectivity index is 1.82. The molecule has 0 bridgehead atoms. The van der Waals surface area contributed by atoms with Gasteiger partial charge in [-0.15, -0.1) is 0 Å². The van der Waals surface area contributed by atoms with Crippen molar-refractivity contribution in [1.82, 2.24) is 15.2 Å². The van der Waals surface area contributed by atoms with Gasteiger partial charge in [0.2, 0.25) is 0 Å². The summed E-state index contributed by atoms with van der Waals surface area (Å²) >= 11 is 0. The maximum atomic E-state index is 5.59. The number of likely N-dealkylation sites (tertiary alicyclic amines) is 1. The van der Waals surface area contributed by atoms with Gasteiger partial charge in [0.05, 0.1) is 5.69 Å². The maximum Gasteiger partial charge on any atom is 0.195 e. The Bertz CT molecular complexity index is 351. The first kappa shape index (κ1) is 13.6. The molecule has 2 heterocycles. The standard InChI is InChI=1S/C14H25N3O/c1-15-8-5-6-12-11-18-14(16-12)10-13-7-3-4-9-17(13)2/h11,13,15H,3-10H2,1-2H3. The number of rotatable bonds is 6. The van der Waals surface area contributed by atoms with Gasteiger partial charge < -0.3 is 14.6 Å². The van der Waals surface area contributed by atoms with E-state index >= 15 is 0 Å².